The zero-order valence-corrected chi connectivity index (χ0v) is 19.1. The van der Waals surface area contributed by atoms with Gasteiger partial charge in [0.05, 0.1) is 23.9 Å². The van der Waals surface area contributed by atoms with Gasteiger partial charge in [-0.25, -0.2) is 4.98 Å². The number of carbonyl (C=O) groups excluding carboxylic acids is 1. The monoisotopic (exact) mass is 501 g/mol. The molecule has 10 heteroatoms. The standard InChI is InChI=1S/C25H19ClF3N3O3/c1-34-19-8-2-15(3-9-19)14-35-22-11-23(32-24(33)16-4-6-18(26)7-5-16)31-13-20(22)21-10-17(12-30-21)25(27,28)29/h2-13,30H,14H2,1H3,(H,31,32,33). The Labute approximate surface area is 203 Å². The zero-order valence-electron chi connectivity index (χ0n) is 18.3. The summed E-state index contributed by atoms with van der Waals surface area (Å²) >= 11 is 5.86. The minimum atomic E-state index is -4.50. The summed E-state index contributed by atoms with van der Waals surface area (Å²) < 4.78 is 50.4. The minimum Gasteiger partial charge on any atom is -0.497 e. The topological polar surface area (TPSA) is 76.2 Å². The van der Waals surface area contributed by atoms with Crippen LogP contribution < -0.4 is 14.8 Å². The number of anilines is 1. The van der Waals surface area contributed by atoms with Gasteiger partial charge in [-0.1, -0.05) is 23.7 Å². The van der Waals surface area contributed by atoms with Crippen LogP contribution in [-0.4, -0.2) is 23.0 Å². The first-order chi connectivity index (χ1) is 16.7. The lowest BCUT2D eigenvalue weighted by Gasteiger charge is -2.13. The first kappa shape index (κ1) is 24.2. The largest absolute Gasteiger partial charge is 0.497 e. The molecular formula is C25H19ClF3N3O3. The summed E-state index contributed by atoms with van der Waals surface area (Å²) in [5, 5.41) is 3.15. The molecule has 2 heterocycles. The van der Waals surface area contributed by atoms with E-state index in [2.05, 4.69) is 15.3 Å². The first-order valence-corrected chi connectivity index (χ1v) is 10.7. The summed E-state index contributed by atoms with van der Waals surface area (Å²) in [7, 11) is 1.56. The number of hydrogen-bond donors (Lipinski definition) is 2. The molecular weight excluding hydrogens is 483 g/mol. The molecule has 0 radical (unpaired) electrons. The normalized spacial score (nSPS) is 11.2. The van der Waals surface area contributed by atoms with Crippen LogP contribution in [0, 0.1) is 0 Å². The van der Waals surface area contributed by atoms with Crippen molar-refractivity contribution in [1.29, 1.82) is 0 Å². The highest BCUT2D eigenvalue weighted by atomic mass is 35.5. The molecule has 2 aromatic heterocycles. The molecule has 0 aliphatic carbocycles. The Bertz CT molecular complexity index is 1320. The van der Waals surface area contributed by atoms with Crippen molar-refractivity contribution in [3.8, 4) is 22.8 Å². The summed E-state index contributed by atoms with van der Waals surface area (Å²) in [6.45, 7) is 0.123. The molecule has 4 aromatic rings. The molecule has 4 rings (SSSR count). The van der Waals surface area contributed by atoms with Gasteiger partial charge in [0.2, 0.25) is 0 Å². The summed E-state index contributed by atoms with van der Waals surface area (Å²) in [5.41, 5.74) is 0.820. The van der Waals surface area contributed by atoms with Gasteiger partial charge in [0.15, 0.2) is 0 Å². The van der Waals surface area contributed by atoms with Crippen molar-refractivity contribution in [3.05, 3.63) is 94.8 Å². The van der Waals surface area contributed by atoms with E-state index < -0.39 is 17.6 Å². The van der Waals surface area contributed by atoms with Gasteiger partial charge in [0.1, 0.15) is 23.9 Å². The number of aromatic amines is 1. The van der Waals surface area contributed by atoms with Crippen LogP contribution in [0.2, 0.25) is 5.02 Å². The molecule has 0 aliphatic rings. The number of alkyl halides is 3. The van der Waals surface area contributed by atoms with Gasteiger partial charge in [-0.2, -0.15) is 13.2 Å². The van der Waals surface area contributed by atoms with Crippen molar-refractivity contribution >= 4 is 23.3 Å². The number of aromatic nitrogens is 2. The molecule has 0 atom stereocenters. The van der Waals surface area contributed by atoms with Crippen LogP contribution in [0.5, 0.6) is 11.5 Å². The third-order valence-corrected chi connectivity index (χ3v) is 5.32. The molecule has 0 spiro atoms. The highest BCUT2D eigenvalue weighted by Crippen LogP contribution is 2.36. The molecule has 0 unspecified atom stereocenters. The number of benzene rings is 2. The second-order valence-corrected chi connectivity index (χ2v) is 7.90. The molecule has 0 saturated carbocycles. The van der Waals surface area contributed by atoms with E-state index in [1.54, 1.807) is 55.6 Å². The van der Waals surface area contributed by atoms with Crippen molar-refractivity contribution in [1.82, 2.24) is 9.97 Å². The maximum atomic E-state index is 13.1. The van der Waals surface area contributed by atoms with E-state index in [0.29, 0.717) is 21.9 Å². The Morgan fingerprint density at radius 3 is 2.43 bits per heavy atom. The Kier molecular flexibility index (Phi) is 6.97. The first-order valence-electron chi connectivity index (χ1n) is 10.3. The Morgan fingerprint density at radius 1 is 1.09 bits per heavy atom. The number of rotatable bonds is 7. The molecule has 0 aliphatic heterocycles. The summed E-state index contributed by atoms with van der Waals surface area (Å²) in [6, 6.07) is 15.9. The third kappa shape index (κ3) is 5.93. The van der Waals surface area contributed by atoms with Gasteiger partial charge in [0.25, 0.3) is 5.91 Å². The molecule has 0 bridgehead atoms. The predicted octanol–water partition coefficient (Wildman–Crippen LogP) is 6.59. The van der Waals surface area contributed by atoms with Crippen LogP contribution in [0.25, 0.3) is 11.3 Å². The predicted molar refractivity (Wildman–Crippen MR) is 126 cm³/mol. The van der Waals surface area contributed by atoms with Crippen LogP contribution in [0.1, 0.15) is 21.5 Å². The molecule has 180 valence electrons. The minimum absolute atomic E-state index is 0.123. The molecule has 35 heavy (non-hydrogen) atoms. The van der Waals surface area contributed by atoms with Crippen molar-refractivity contribution in [2.24, 2.45) is 0 Å². The van der Waals surface area contributed by atoms with E-state index in [0.717, 1.165) is 17.8 Å². The summed E-state index contributed by atoms with van der Waals surface area (Å²) in [6.07, 6.45) is -2.29. The number of amides is 1. The molecule has 6 nitrogen and oxygen atoms in total. The van der Waals surface area contributed by atoms with E-state index >= 15 is 0 Å². The van der Waals surface area contributed by atoms with Crippen LogP contribution in [0.4, 0.5) is 19.0 Å². The molecule has 1 amide bonds. The van der Waals surface area contributed by atoms with Gasteiger partial charge in [-0.05, 0) is 48.0 Å². The van der Waals surface area contributed by atoms with Gasteiger partial charge >= 0.3 is 6.18 Å². The number of hydrogen-bond acceptors (Lipinski definition) is 4. The van der Waals surface area contributed by atoms with E-state index in [4.69, 9.17) is 21.1 Å². The SMILES string of the molecule is COc1ccc(COc2cc(NC(=O)c3ccc(Cl)cc3)ncc2-c2cc(C(F)(F)F)c[nH]2)cc1. The second-order valence-electron chi connectivity index (χ2n) is 7.46. The average Bonchev–Trinajstić information content (AvgIpc) is 3.34. The fraction of sp³-hybridized carbons (Fsp3) is 0.120. The molecule has 2 N–H and O–H groups in total. The van der Waals surface area contributed by atoms with Gasteiger partial charge in [-0.15, -0.1) is 0 Å². The maximum Gasteiger partial charge on any atom is 0.417 e. The van der Waals surface area contributed by atoms with Crippen molar-refractivity contribution in [2.45, 2.75) is 12.8 Å². The molecule has 2 aromatic carbocycles. The lowest BCUT2D eigenvalue weighted by Crippen LogP contribution is -2.13. The van der Waals surface area contributed by atoms with Crippen LogP contribution in [0.3, 0.4) is 0 Å². The average molecular weight is 502 g/mol. The number of methoxy groups -OCH3 is 1. The maximum absolute atomic E-state index is 13.1. The lowest BCUT2D eigenvalue weighted by atomic mass is 10.1. The molecule has 0 fully saturated rings. The van der Waals surface area contributed by atoms with Crippen LogP contribution >= 0.6 is 11.6 Å². The fourth-order valence-electron chi connectivity index (χ4n) is 3.21. The van der Waals surface area contributed by atoms with E-state index in [9.17, 15) is 18.0 Å². The summed E-state index contributed by atoms with van der Waals surface area (Å²) in [4.78, 5) is 19.4. The van der Waals surface area contributed by atoms with Crippen molar-refractivity contribution in [3.63, 3.8) is 0 Å². The Hall–Kier alpha value is -3.98. The van der Waals surface area contributed by atoms with Gasteiger partial charge in [-0.3, -0.25) is 4.79 Å². The van der Waals surface area contributed by atoms with Gasteiger partial charge in [0, 0.05) is 29.0 Å². The van der Waals surface area contributed by atoms with Gasteiger partial charge < -0.3 is 19.8 Å². The number of nitrogens with one attached hydrogen (secondary N) is 2. The highest BCUT2D eigenvalue weighted by Gasteiger charge is 2.32. The van der Waals surface area contributed by atoms with Crippen LogP contribution in [0.15, 0.2) is 73.1 Å². The summed E-state index contributed by atoms with van der Waals surface area (Å²) in [5.74, 6) is 0.651. The van der Waals surface area contributed by atoms with E-state index in [1.807, 2.05) is 0 Å². The second kappa shape index (κ2) is 10.1. The molecule has 0 saturated heterocycles. The van der Waals surface area contributed by atoms with Crippen molar-refractivity contribution < 1.29 is 27.4 Å². The zero-order chi connectivity index (χ0) is 25.0. The number of carbonyl (C=O) groups is 1. The number of nitrogens with zero attached hydrogens (tertiary/aromatic N) is 1. The van der Waals surface area contributed by atoms with Crippen LogP contribution in [-0.2, 0) is 12.8 Å². The number of ether oxygens (including phenoxy) is 2. The third-order valence-electron chi connectivity index (χ3n) is 5.07. The number of pyridine rings is 1. The Morgan fingerprint density at radius 2 is 1.80 bits per heavy atom. The fourth-order valence-corrected chi connectivity index (χ4v) is 3.34. The quantitative estimate of drug-likeness (QED) is 0.299. The van der Waals surface area contributed by atoms with E-state index in [1.165, 1.54) is 12.3 Å². The van der Waals surface area contributed by atoms with E-state index in [-0.39, 0.29) is 23.9 Å². The smallest absolute Gasteiger partial charge is 0.417 e. The number of H-pyrrole nitrogens is 1. The highest BCUT2D eigenvalue weighted by molar-refractivity contribution is 6.30. The Balaban J connectivity index is 1.62. The van der Waals surface area contributed by atoms with Crippen molar-refractivity contribution in [2.75, 3.05) is 12.4 Å². The number of halogens is 4. The lowest BCUT2D eigenvalue weighted by molar-refractivity contribution is -0.137.